The van der Waals surface area contributed by atoms with Gasteiger partial charge in [0, 0.05) is 35.8 Å². The Bertz CT molecular complexity index is 1040. The van der Waals surface area contributed by atoms with Crippen molar-refractivity contribution < 1.29 is 14.0 Å². The highest BCUT2D eigenvalue weighted by atomic mass is 19.1. The summed E-state index contributed by atoms with van der Waals surface area (Å²) in [4.78, 5) is 29.3. The number of piperidine rings is 1. The summed E-state index contributed by atoms with van der Waals surface area (Å²) in [5, 5.41) is 1.04. The largest absolute Gasteiger partial charge is 0.366 e. The van der Waals surface area contributed by atoms with Crippen LogP contribution in [0.1, 0.15) is 40.2 Å². The number of H-pyrrole nitrogens is 1. The van der Waals surface area contributed by atoms with Gasteiger partial charge in [0.2, 0.25) is 11.8 Å². The lowest BCUT2D eigenvalue weighted by atomic mass is 9.89. The standard InChI is InChI=1S/C22H22FN3O2/c23-16-5-6-18-19(13-25-20(18)12-16)14-7-9-26(10-8-14)21(27)11-15-3-1-2-4-17(15)22(24)28/h1-6,12-14,25H,7-11H2,(H2,24,28). The number of fused-ring (bicyclic) bond motifs is 1. The second-order valence-electron chi connectivity index (χ2n) is 7.29. The summed E-state index contributed by atoms with van der Waals surface area (Å²) < 4.78 is 13.4. The van der Waals surface area contributed by atoms with Gasteiger partial charge in [-0.15, -0.1) is 0 Å². The molecule has 2 amide bonds. The van der Waals surface area contributed by atoms with Gasteiger partial charge >= 0.3 is 0 Å². The number of likely N-dealkylation sites (tertiary alicyclic amines) is 1. The van der Waals surface area contributed by atoms with Crippen molar-refractivity contribution in [1.29, 1.82) is 0 Å². The van der Waals surface area contributed by atoms with Crippen LogP contribution < -0.4 is 5.73 Å². The number of aromatic nitrogens is 1. The third kappa shape index (κ3) is 3.50. The first-order valence-corrected chi connectivity index (χ1v) is 9.45. The van der Waals surface area contributed by atoms with Crippen LogP contribution in [0.4, 0.5) is 4.39 Å². The van der Waals surface area contributed by atoms with Crippen LogP contribution in [0.2, 0.25) is 0 Å². The zero-order valence-electron chi connectivity index (χ0n) is 15.5. The Balaban J connectivity index is 1.42. The number of hydrogen-bond acceptors (Lipinski definition) is 2. The van der Waals surface area contributed by atoms with Crippen LogP contribution in [0.15, 0.2) is 48.7 Å². The lowest BCUT2D eigenvalue weighted by molar-refractivity contribution is -0.131. The number of carbonyl (C=O) groups excluding carboxylic acids is 2. The second kappa shape index (κ2) is 7.46. The smallest absolute Gasteiger partial charge is 0.248 e. The molecule has 0 unspecified atom stereocenters. The fourth-order valence-corrected chi connectivity index (χ4v) is 4.09. The van der Waals surface area contributed by atoms with Crippen LogP contribution in [0.25, 0.3) is 10.9 Å². The highest BCUT2D eigenvalue weighted by molar-refractivity contribution is 5.95. The number of primary amides is 1. The number of nitrogens with two attached hydrogens (primary N) is 1. The van der Waals surface area contributed by atoms with Crippen LogP contribution in [0.5, 0.6) is 0 Å². The minimum absolute atomic E-state index is 0.00754. The molecule has 0 aliphatic carbocycles. The monoisotopic (exact) mass is 379 g/mol. The van der Waals surface area contributed by atoms with E-state index in [4.69, 9.17) is 5.73 Å². The maximum Gasteiger partial charge on any atom is 0.248 e. The van der Waals surface area contributed by atoms with Gasteiger partial charge in [0.25, 0.3) is 0 Å². The van der Waals surface area contributed by atoms with Crippen LogP contribution in [-0.4, -0.2) is 34.8 Å². The van der Waals surface area contributed by atoms with Crippen molar-refractivity contribution in [2.45, 2.75) is 25.2 Å². The normalized spacial score (nSPS) is 15.1. The summed E-state index contributed by atoms with van der Waals surface area (Å²) in [6, 6.07) is 11.8. The van der Waals surface area contributed by atoms with E-state index in [2.05, 4.69) is 4.98 Å². The molecule has 0 atom stereocenters. The van der Waals surface area contributed by atoms with E-state index in [1.165, 1.54) is 17.7 Å². The first-order chi connectivity index (χ1) is 13.5. The van der Waals surface area contributed by atoms with E-state index >= 15 is 0 Å². The predicted octanol–water partition coefficient (Wildman–Crippen LogP) is 3.35. The van der Waals surface area contributed by atoms with Crippen molar-refractivity contribution in [3.63, 3.8) is 0 Å². The van der Waals surface area contributed by atoms with Crippen molar-refractivity contribution in [1.82, 2.24) is 9.88 Å². The van der Waals surface area contributed by atoms with Crippen LogP contribution in [0, 0.1) is 5.82 Å². The Morgan fingerprint density at radius 1 is 1.14 bits per heavy atom. The van der Waals surface area contributed by atoms with Gasteiger partial charge in [0.15, 0.2) is 0 Å². The number of amides is 2. The molecular formula is C22H22FN3O2. The van der Waals surface area contributed by atoms with Crippen molar-refractivity contribution >= 4 is 22.7 Å². The van der Waals surface area contributed by atoms with E-state index in [0.717, 1.165) is 23.7 Å². The number of halogens is 1. The molecular weight excluding hydrogens is 357 g/mol. The minimum Gasteiger partial charge on any atom is -0.366 e. The molecule has 2 aromatic carbocycles. The number of hydrogen-bond donors (Lipinski definition) is 2. The van der Waals surface area contributed by atoms with E-state index in [0.29, 0.717) is 30.1 Å². The Morgan fingerprint density at radius 3 is 2.64 bits per heavy atom. The molecule has 28 heavy (non-hydrogen) atoms. The van der Waals surface area contributed by atoms with Gasteiger partial charge < -0.3 is 15.6 Å². The highest BCUT2D eigenvalue weighted by Crippen LogP contribution is 2.33. The predicted molar refractivity (Wildman–Crippen MR) is 105 cm³/mol. The average Bonchev–Trinajstić information content (AvgIpc) is 3.11. The Morgan fingerprint density at radius 2 is 1.89 bits per heavy atom. The summed E-state index contributed by atoms with van der Waals surface area (Å²) >= 11 is 0. The average molecular weight is 379 g/mol. The van der Waals surface area contributed by atoms with E-state index in [-0.39, 0.29) is 18.1 Å². The summed E-state index contributed by atoms with van der Waals surface area (Å²) in [7, 11) is 0. The van der Waals surface area contributed by atoms with E-state index < -0.39 is 5.91 Å². The molecule has 0 saturated carbocycles. The third-order valence-electron chi connectivity index (χ3n) is 5.59. The molecule has 1 aliphatic rings. The molecule has 1 saturated heterocycles. The van der Waals surface area contributed by atoms with Crippen LogP contribution in [0.3, 0.4) is 0 Å². The zero-order chi connectivity index (χ0) is 19.7. The van der Waals surface area contributed by atoms with Gasteiger partial charge in [-0.1, -0.05) is 18.2 Å². The van der Waals surface area contributed by atoms with Crippen molar-refractivity contribution in [2.75, 3.05) is 13.1 Å². The number of nitrogens with zero attached hydrogens (tertiary/aromatic N) is 1. The molecule has 6 heteroatoms. The quantitative estimate of drug-likeness (QED) is 0.729. The van der Waals surface area contributed by atoms with Gasteiger partial charge in [-0.3, -0.25) is 9.59 Å². The molecule has 1 aliphatic heterocycles. The zero-order valence-corrected chi connectivity index (χ0v) is 15.5. The molecule has 0 bridgehead atoms. The first kappa shape index (κ1) is 18.2. The topological polar surface area (TPSA) is 79.2 Å². The van der Waals surface area contributed by atoms with Crippen molar-refractivity contribution in [3.05, 3.63) is 71.2 Å². The van der Waals surface area contributed by atoms with E-state index in [1.54, 1.807) is 24.3 Å². The molecule has 4 rings (SSSR count). The summed E-state index contributed by atoms with van der Waals surface area (Å²) in [5.41, 5.74) is 8.46. The number of aromatic amines is 1. The summed E-state index contributed by atoms with van der Waals surface area (Å²) in [6.45, 7) is 1.33. The summed E-state index contributed by atoms with van der Waals surface area (Å²) in [6.07, 6.45) is 3.84. The van der Waals surface area contributed by atoms with Gasteiger partial charge in [-0.2, -0.15) is 0 Å². The maximum atomic E-state index is 13.4. The molecule has 2 heterocycles. The van der Waals surface area contributed by atoms with Crippen molar-refractivity contribution in [2.24, 2.45) is 5.73 Å². The number of nitrogens with one attached hydrogen (secondary N) is 1. The second-order valence-corrected chi connectivity index (χ2v) is 7.29. The molecule has 0 spiro atoms. The number of rotatable bonds is 4. The van der Waals surface area contributed by atoms with Gasteiger partial charge in [-0.05, 0) is 54.2 Å². The molecule has 5 nitrogen and oxygen atoms in total. The molecule has 3 aromatic rings. The van der Waals surface area contributed by atoms with Gasteiger partial charge in [0.1, 0.15) is 5.82 Å². The van der Waals surface area contributed by atoms with E-state index in [9.17, 15) is 14.0 Å². The van der Waals surface area contributed by atoms with Gasteiger partial charge in [-0.25, -0.2) is 4.39 Å². The Labute approximate surface area is 162 Å². The lowest BCUT2D eigenvalue weighted by Crippen LogP contribution is -2.39. The maximum absolute atomic E-state index is 13.4. The molecule has 1 fully saturated rings. The van der Waals surface area contributed by atoms with Crippen molar-refractivity contribution in [3.8, 4) is 0 Å². The van der Waals surface area contributed by atoms with Crippen LogP contribution >= 0.6 is 0 Å². The SMILES string of the molecule is NC(=O)c1ccccc1CC(=O)N1CCC(c2c[nH]c3cc(F)ccc23)CC1. The first-order valence-electron chi connectivity index (χ1n) is 9.45. The fourth-order valence-electron chi connectivity index (χ4n) is 4.09. The summed E-state index contributed by atoms with van der Waals surface area (Å²) in [5.74, 6) is -0.426. The molecule has 144 valence electrons. The fraction of sp³-hybridized carbons (Fsp3) is 0.273. The minimum atomic E-state index is -0.516. The Kier molecular flexibility index (Phi) is 4.86. The third-order valence-corrected chi connectivity index (χ3v) is 5.59. The van der Waals surface area contributed by atoms with E-state index in [1.807, 2.05) is 17.2 Å². The lowest BCUT2D eigenvalue weighted by Gasteiger charge is -2.32. The molecule has 3 N–H and O–H groups in total. The molecule has 1 aromatic heterocycles. The Hall–Kier alpha value is -3.15. The number of carbonyl (C=O) groups is 2. The highest BCUT2D eigenvalue weighted by Gasteiger charge is 2.26. The van der Waals surface area contributed by atoms with Gasteiger partial charge in [0.05, 0.1) is 6.42 Å². The number of benzene rings is 2. The molecule has 0 radical (unpaired) electrons. The van der Waals surface area contributed by atoms with Crippen LogP contribution in [-0.2, 0) is 11.2 Å².